The summed E-state index contributed by atoms with van der Waals surface area (Å²) in [6.45, 7) is 1.87. The molecule has 3 N–H and O–H groups in total. The summed E-state index contributed by atoms with van der Waals surface area (Å²) < 4.78 is 0. The minimum Gasteiger partial charge on any atom is -0.394 e. The topological polar surface area (TPSA) is 63.8 Å². The molecule has 2 aromatic rings. The van der Waals surface area contributed by atoms with Gasteiger partial charge in [0.25, 0.3) is 0 Å². The molecule has 1 aromatic carbocycles. The fraction of sp³-hybridized carbons (Fsp3) is 0.0909. The number of halogens is 3. The summed E-state index contributed by atoms with van der Waals surface area (Å²) in [5, 5.41) is 4.19. The first-order valence-electron chi connectivity index (χ1n) is 4.98. The van der Waals surface area contributed by atoms with Crippen LogP contribution in [0.15, 0.2) is 18.3 Å². The Balaban J connectivity index is 2.40. The molecule has 18 heavy (non-hydrogen) atoms. The van der Waals surface area contributed by atoms with Crippen molar-refractivity contribution in [1.29, 1.82) is 0 Å². The number of rotatable bonds is 2. The SMILES string of the molecule is Cc1cc(Cl)c(Nc2nc(Cl)ncc2N)cc1Cl. The third-order valence-corrected chi connectivity index (χ3v) is 3.19. The molecule has 0 fully saturated rings. The number of benzene rings is 1. The summed E-state index contributed by atoms with van der Waals surface area (Å²) in [5.74, 6) is 0.386. The van der Waals surface area contributed by atoms with E-state index in [4.69, 9.17) is 40.5 Å². The zero-order valence-electron chi connectivity index (χ0n) is 9.34. The Morgan fingerprint density at radius 1 is 1.17 bits per heavy atom. The number of nitrogens with one attached hydrogen (secondary N) is 1. The Kier molecular flexibility index (Phi) is 3.80. The Hall–Kier alpha value is -1.23. The normalized spacial score (nSPS) is 10.4. The summed E-state index contributed by atoms with van der Waals surface area (Å²) in [7, 11) is 0. The summed E-state index contributed by atoms with van der Waals surface area (Å²) in [6, 6.07) is 3.46. The van der Waals surface area contributed by atoms with Crippen LogP contribution in [0.5, 0.6) is 0 Å². The van der Waals surface area contributed by atoms with Gasteiger partial charge in [0.2, 0.25) is 5.28 Å². The van der Waals surface area contributed by atoms with Crippen LogP contribution in [-0.2, 0) is 0 Å². The van der Waals surface area contributed by atoms with Crippen LogP contribution in [0.25, 0.3) is 0 Å². The molecule has 1 aromatic heterocycles. The average Bonchev–Trinajstić information content (AvgIpc) is 2.30. The first-order valence-corrected chi connectivity index (χ1v) is 6.11. The van der Waals surface area contributed by atoms with Gasteiger partial charge in [0.05, 0.1) is 22.6 Å². The molecule has 94 valence electrons. The quantitative estimate of drug-likeness (QED) is 0.821. The van der Waals surface area contributed by atoms with E-state index in [0.29, 0.717) is 27.2 Å². The van der Waals surface area contributed by atoms with E-state index >= 15 is 0 Å². The number of nitrogen functional groups attached to an aromatic ring is 1. The number of hydrogen-bond donors (Lipinski definition) is 2. The van der Waals surface area contributed by atoms with Gasteiger partial charge in [0, 0.05) is 5.02 Å². The summed E-state index contributed by atoms with van der Waals surface area (Å²) in [4.78, 5) is 7.74. The van der Waals surface area contributed by atoms with Crippen molar-refractivity contribution in [1.82, 2.24) is 9.97 Å². The highest BCUT2D eigenvalue weighted by molar-refractivity contribution is 6.36. The summed E-state index contributed by atoms with van der Waals surface area (Å²) in [6.07, 6.45) is 1.42. The van der Waals surface area contributed by atoms with E-state index in [1.165, 1.54) is 6.20 Å². The first-order chi connectivity index (χ1) is 8.47. The van der Waals surface area contributed by atoms with E-state index < -0.39 is 0 Å². The lowest BCUT2D eigenvalue weighted by Crippen LogP contribution is -2.01. The third kappa shape index (κ3) is 2.77. The fourth-order valence-electron chi connectivity index (χ4n) is 1.34. The van der Waals surface area contributed by atoms with Crippen LogP contribution in [-0.4, -0.2) is 9.97 Å². The molecule has 0 radical (unpaired) electrons. The van der Waals surface area contributed by atoms with Gasteiger partial charge in [-0.15, -0.1) is 0 Å². The van der Waals surface area contributed by atoms with Gasteiger partial charge in [0.15, 0.2) is 5.82 Å². The van der Waals surface area contributed by atoms with E-state index in [0.717, 1.165) is 5.56 Å². The molecule has 0 aliphatic carbocycles. The molecule has 0 unspecified atom stereocenters. The molecular weight excluding hydrogens is 295 g/mol. The number of aryl methyl sites for hydroxylation is 1. The Bertz CT molecular complexity index is 601. The molecule has 4 nitrogen and oxygen atoms in total. The van der Waals surface area contributed by atoms with Crippen LogP contribution in [0.4, 0.5) is 17.2 Å². The van der Waals surface area contributed by atoms with Crippen molar-refractivity contribution in [3.8, 4) is 0 Å². The lowest BCUT2D eigenvalue weighted by Gasteiger charge is -2.11. The lowest BCUT2D eigenvalue weighted by atomic mass is 10.2. The lowest BCUT2D eigenvalue weighted by molar-refractivity contribution is 1.17. The highest BCUT2D eigenvalue weighted by Crippen LogP contribution is 2.32. The van der Waals surface area contributed by atoms with Gasteiger partial charge in [-0.1, -0.05) is 23.2 Å². The smallest absolute Gasteiger partial charge is 0.224 e. The summed E-state index contributed by atoms with van der Waals surface area (Å²) >= 11 is 17.8. The van der Waals surface area contributed by atoms with Crippen LogP contribution >= 0.6 is 34.8 Å². The molecule has 0 aliphatic rings. The molecule has 0 aliphatic heterocycles. The van der Waals surface area contributed by atoms with Crippen molar-refractivity contribution < 1.29 is 0 Å². The standard InChI is InChI=1S/C11H9Cl3N4/c1-5-2-7(13)9(3-6(5)12)17-10-8(15)4-16-11(14)18-10/h2-4H,15H2,1H3,(H,16,17,18). The van der Waals surface area contributed by atoms with E-state index in [9.17, 15) is 0 Å². The van der Waals surface area contributed by atoms with E-state index in [-0.39, 0.29) is 5.28 Å². The monoisotopic (exact) mass is 302 g/mol. The number of nitrogens with two attached hydrogens (primary N) is 1. The average molecular weight is 304 g/mol. The predicted octanol–water partition coefficient (Wildman–Crippen LogP) is 4.07. The number of hydrogen-bond acceptors (Lipinski definition) is 4. The highest BCUT2D eigenvalue weighted by Gasteiger charge is 2.08. The summed E-state index contributed by atoms with van der Waals surface area (Å²) in [5.41, 5.74) is 7.60. The molecule has 0 saturated carbocycles. The third-order valence-electron chi connectivity index (χ3n) is 2.29. The second-order valence-corrected chi connectivity index (χ2v) is 4.80. The van der Waals surface area contributed by atoms with E-state index in [2.05, 4.69) is 15.3 Å². The van der Waals surface area contributed by atoms with Crippen molar-refractivity contribution in [2.24, 2.45) is 0 Å². The van der Waals surface area contributed by atoms with Gasteiger partial charge in [-0.2, -0.15) is 4.98 Å². The van der Waals surface area contributed by atoms with Crippen LogP contribution in [0.1, 0.15) is 5.56 Å². The molecule has 0 saturated heterocycles. The molecule has 0 atom stereocenters. The van der Waals surface area contributed by atoms with Gasteiger partial charge < -0.3 is 11.1 Å². The van der Waals surface area contributed by atoms with Gasteiger partial charge in [-0.05, 0) is 36.2 Å². The van der Waals surface area contributed by atoms with Crippen LogP contribution < -0.4 is 11.1 Å². The van der Waals surface area contributed by atoms with Gasteiger partial charge in [-0.3, -0.25) is 0 Å². The molecule has 2 rings (SSSR count). The predicted molar refractivity (Wildman–Crippen MR) is 75.9 cm³/mol. The number of aromatic nitrogens is 2. The van der Waals surface area contributed by atoms with E-state index in [1.54, 1.807) is 12.1 Å². The maximum atomic E-state index is 6.11. The molecule has 0 amide bonds. The first kappa shape index (κ1) is 13.2. The van der Waals surface area contributed by atoms with Gasteiger partial charge in [-0.25, -0.2) is 4.98 Å². The van der Waals surface area contributed by atoms with Crippen LogP contribution in [0.2, 0.25) is 15.3 Å². The maximum Gasteiger partial charge on any atom is 0.224 e. The Morgan fingerprint density at radius 3 is 2.61 bits per heavy atom. The fourth-order valence-corrected chi connectivity index (χ4v) is 1.90. The zero-order chi connectivity index (χ0) is 13.3. The molecule has 7 heteroatoms. The minimum absolute atomic E-state index is 0.0982. The van der Waals surface area contributed by atoms with Crippen molar-refractivity contribution in [3.63, 3.8) is 0 Å². The van der Waals surface area contributed by atoms with Crippen molar-refractivity contribution in [2.75, 3.05) is 11.1 Å². The largest absolute Gasteiger partial charge is 0.394 e. The zero-order valence-corrected chi connectivity index (χ0v) is 11.6. The molecule has 0 bridgehead atoms. The highest BCUT2D eigenvalue weighted by atomic mass is 35.5. The van der Waals surface area contributed by atoms with Crippen molar-refractivity contribution in [2.45, 2.75) is 6.92 Å². The maximum absolute atomic E-state index is 6.11. The second-order valence-electron chi connectivity index (χ2n) is 3.65. The van der Waals surface area contributed by atoms with Crippen LogP contribution in [0, 0.1) is 6.92 Å². The molecular formula is C11H9Cl3N4. The minimum atomic E-state index is 0.0982. The van der Waals surface area contributed by atoms with Crippen molar-refractivity contribution in [3.05, 3.63) is 39.2 Å². The Labute approximate surface area is 119 Å². The molecule has 0 spiro atoms. The number of anilines is 3. The Morgan fingerprint density at radius 2 is 1.89 bits per heavy atom. The molecule has 1 heterocycles. The van der Waals surface area contributed by atoms with Crippen molar-refractivity contribution >= 4 is 52.0 Å². The van der Waals surface area contributed by atoms with Crippen LogP contribution in [0.3, 0.4) is 0 Å². The van der Waals surface area contributed by atoms with Gasteiger partial charge >= 0.3 is 0 Å². The van der Waals surface area contributed by atoms with E-state index in [1.807, 2.05) is 6.92 Å². The van der Waals surface area contributed by atoms with Gasteiger partial charge in [0.1, 0.15) is 0 Å². The second kappa shape index (κ2) is 5.18. The number of nitrogens with zero attached hydrogens (tertiary/aromatic N) is 2.